The Labute approximate surface area is 108 Å². The topological polar surface area (TPSA) is 57.9 Å². The van der Waals surface area contributed by atoms with Gasteiger partial charge in [0, 0.05) is 6.20 Å². The van der Waals surface area contributed by atoms with Gasteiger partial charge in [0.25, 0.3) is 0 Å². The minimum atomic E-state index is -0.270. The zero-order valence-electron chi connectivity index (χ0n) is 11.3. The Bertz CT molecular complexity index is 488. The summed E-state index contributed by atoms with van der Waals surface area (Å²) in [6, 6.07) is 5.83. The van der Waals surface area contributed by atoms with Crippen LogP contribution < -0.4 is 5.32 Å². The van der Waals surface area contributed by atoms with Crippen LogP contribution in [0.5, 0.6) is 0 Å². The number of hydrogen-bond donors (Lipinski definition) is 1. The normalized spacial score (nSPS) is 24.5. The largest absolute Gasteiger partial charge is 0.367 e. The summed E-state index contributed by atoms with van der Waals surface area (Å²) in [4.78, 5) is 4.24. The summed E-state index contributed by atoms with van der Waals surface area (Å²) < 4.78 is 6.02. The van der Waals surface area contributed by atoms with E-state index in [4.69, 9.17) is 10.00 Å². The summed E-state index contributed by atoms with van der Waals surface area (Å²) in [6.45, 7) is 8.29. The van der Waals surface area contributed by atoms with Gasteiger partial charge in [0.15, 0.2) is 0 Å². The molecule has 96 valence electrons. The molecule has 0 aromatic carbocycles. The Balaban J connectivity index is 2.22. The van der Waals surface area contributed by atoms with Gasteiger partial charge in [0.05, 0.1) is 22.8 Å². The predicted octanol–water partition coefficient (Wildman–Crippen LogP) is 2.71. The fraction of sp³-hybridized carbons (Fsp3) is 0.571. The Morgan fingerprint density at radius 1 is 1.44 bits per heavy atom. The van der Waals surface area contributed by atoms with Crippen LogP contribution in [0.3, 0.4) is 0 Å². The average Bonchev–Trinajstić information content (AvgIpc) is 2.47. The molecule has 1 saturated heterocycles. The number of rotatable bonds is 2. The second-order valence-electron chi connectivity index (χ2n) is 5.88. The van der Waals surface area contributed by atoms with Gasteiger partial charge in [-0.25, -0.2) is 4.98 Å². The molecule has 1 unspecified atom stereocenters. The summed E-state index contributed by atoms with van der Waals surface area (Å²) in [5.74, 6) is 0.638. The molecule has 0 spiro atoms. The average molecular weight is 245 g/mol. The maximum absolute atomic E-state index is 9.06. The maximum atomic E-state index is 9.06. The van der Waals surface area contributed by atoms with Crippen LogP contribution in [-0.4, -0.2) is 22.2 Å². The van der Waals surface area contributed by atoms with Crippen LogP contribution in [0.1, 0.15) is 39.7 Å². The Morgan fingerprint density at radius 3 is 2.72 bits per heavy atom. The standard InChI is InChI=1S/C14H19N3O/c1-13(2)8-11(14(3,4)18-13)17-12-10(9-15)6-5-7-16-12/h5-7,11H,8H2,1-4H3,(H,16,17). The SMILES string of the molecule is CC1(C)CC(Nc2ncccc2C#N)C(C)(C)O1. The highest BCUT2D eigenvalue weighted by molar-refractivity contribution is 5.52. The van der Waals surface area contributed by atoms with E-state index in [1.807, 2.05) is 0 Å². The fourth-order valence-electron chi connectivity index (χ4n) is 2.56. The van der Waals surface area contributed by atoms with E-state index in [1.54, 1.807) is 18.3 Å². The molecule has 1 N–H and O–H groups in total. The van der Waals surface area contributed by atoms with Crippen LogP contribution in [0.4, 0.5) is 5.82 Å². The maximum Gasteiger partial charge on any atom is 0.144 e. The zero-order valence-corrected chi connectivity index (χ0v) is 11.3. The van der Waals surface area contributed by atoms with Crippen LogP contribution in [0, 0.1) is 11.3 Å². The van der Waals surface area contributed by atoms with Gasteiger partial charge in [0.1, 0.15) is 11.9 Å². The van der Waals surface area contributed by atoms with Crippen molar-refractivity contribution in [2.75, 3.05) is 5.32 Å². The van der Waals surface area contributed by atoms with Crippen LogP contribution in [0.25, 0.3) is 0 Å². The summed E-state index contributed by atoms with van der Waals surface area (Å²) in [7, 11) is 0. The Morgan fingerprint density at radius 2 is 2.17 bits per heavy atom. The first kappa shape index (κ1) is 12.8. The van der Waals surface area contributed by atoms with Crippen LogP contribution in [0.15, 0.2) is 18.3 Å². The number of anilines is 1. The number of pyridine rings is 1. The van der Waals surface area contributed by atoms with Crippen LogP contribution in [0.2, 0.25) is 0 Å². The van der Waals surface area contributed by atoms with E-state index in [-0.39, 0.29) is 17.2 Å². The van der Waals surface area contributed by atoms with Gasteiger partial charge in [-0.2, -0.15) is 5.26 Å². The molecule has 1 atom stereocenters. The van der Waals surface area contributed by atoms with Crippen molar-refractivity contribution in [1.29, 1.82) is 5.26 Å². The Kier molecular flexibility index (Phi) is 3.04. The molecule has 1 aromatic heterocycles. The highest BCUT2D eigenvalue weighted by Gasteiger charge is 2.46. The molecule has 4 nitrogen and oxygen atoms in total. The highest BCUT2D eigenvalue weighted by Crippen LogP contribution is 2.38. The minimum absolute atomic E-state index is 0.148. The van der Waals surface area contributed by atoms with E-state index in [0.717, 1.165) is 6.42 Å². The molecule has 18 heavy (non-hydrogen) atoms. The van der Waals surface area contributed by atoms with E-state index < -0.39 is 0 Å². The molecule has 1 fully saturated rings. The third-order valence-corrected chi connectivity index (χ3v) is 3.31. The van der Waals surface area contributed by atoms with Crippen molar-refractivity contribution in [2.24, 2.45) is 0 Å². The van der Waals surface area contributed by atoms with E-state index in [2.05, 4.69) is 44.1 Å². The summed E-state index contributed by atoms with van der Waals surface area (Å²) in [6.07, 6.45) is 2.58. The van der Waals surface area contributed by atoms with Crippen molar-refractivity contribution < 1.29 is 4.74 Å². The number of aromatic nitrogens is 1. The second kappa shape index (κ2) is 4.25. The second-order valence-corrected chi connectivity index (χ2v) is 5.88. The van der Waals surface area contributed by atoms with E-state index >= 15 is 0 Å². The number of nitrogens with zero attached hydrogens (tertiary/aromatic N) is 2. The van der Waals surface area contributed by atoms with Crippen molar-refractivity contribution >= 4 is 5.82 Å². The number of hydrogen-bond acceptors (Lipinski definition) is 4. The molecular formula is C14H19N3O. The third kappa shape index (κ3) is 2.46. The molecule has 0 bridgehead atoms. The van der Waals surface area contributed by atoms with Crippen molar-refractivity contribution in [1.82, 2.24) is 4.98 Å². The van der Waals surface area contributed by atoms with Gasteiger partial charge in [-0.3, -0.25) is 0 Å². The summed E-state index contributed by atoms with van der Waals surface area (Å²) >= 11 is 0. The molecule has 4 heteroatoms. The lowest BCUT2D eigenvalue weighted by Gasteiger charge is -2.28. The van der Waals surface area contributed by atoms with Gasteiger partial charge >= 0.3 is 0 Å². The number of nitrogens with one attached hydrogen (secondary N) is 1. The molecule has 1 aliphatic rings. The molecular weight excluding hydrogens is 226 g/mol. The van der Waals surface area contributed by atoms with E-state index in [1.165, 1.54) is 0 Å². The monoisotopic (exact) mass is 245 g/mol. The predicted molar refractivity (Wildman–Crippen MR) is 70.2 cm³/mol. The van der Waals surface area contributed by atoms with E-state index in [0.29, 0.717) is 11.4 Å². The lowest BCUT2D eigenvalue weighted by atomic mass is 9.94. The van der Waals surface area contributed by atoms with Crippen LogP contribution in [-0.2, 0) is 4.74 Å². The van der Waals surface area contributed by atoms with Gasteiger partial charge in [0.2, 0.25) is 0 Å². The van der Waals surface area contributed by atoms with Gasteiger partial charge in [-0.05, 0) is 46.2 Å². The zero-order chi connectivity index (χ0) is 13.4. The smallest absolute Gasteiger partial charge is 0.144 e. The molecule has 2 heterocycles. The van der Waals surface area contributed by atoms with Gasteiger partial charge < -0.3 is 10.1 Å². The number of nitriles is 1. The molecule has 1 aliphatic heterocycles. The van der Waals surface area contributed by atoms with Gasteiger partial charge in [-0.15, -0.1) is 0 Å². The van der Waals surface area contributed by atoms with Gasteiger partial charge in [-0.1, -0.05) is 0 Å². The molecule has 0 amide bonds. The summed E-state index contributed by atoms with van der Waals surface area (Å²) in [5.41, 5.74) is 0.147. The van der Waals surface area contributed by atoms with Crippen molar-refractivity contribution in [3.63, 3.8) is 0 Å². The molecule has 2 rings (SSSR count). The van der Waals surface area contributed by atoms with E-state index in [9.17, 15) is 0 Å². The van der Waals surface area contributed by atoms with Crippen LogP contribution >= 0.6 is 0 Å². The van der Waals surface area contributed by atoms with Crippen molar-refractivity contribution in [2.45, 2.75) is 51.4 Å². The minimum Gasteiger partial charge on any atom is -0.367 e. The van der Waals surface area contributed by atoms with Crippen molar-refractivity contribution in [3.8, 4) is 6.07 Å². The molecule has 0 saturated carbocycles. The highest BCUT2D eigenvalue weighted by atomic mass is 16.5. The first-order chi connectivity index (χ1) is 8.34. The number of ether oxygens (including phenoxy) is 1. The quantitative estimate of drug-likeness (QED) is 0.870. The molecule has 0 radical (unpaired) electrons. The molecule has 0 aliphatic carbocycles. The lowest BCUT2D eigenvalue weighted by molar-refractivity contribution is -0.0662. The van der Waals surface area contributed by atoms with Crippen molar-refractivity contribution in [3.05, 3.63) is 23.9 Å². The first-order valence-electron chi connectivity index (χ1n) is 6.16. The Hall–Kier alpha value is -1.60. The third-order valence-electron chi connectivity index (χ3n) is 3.31. The molecule has 1 aromatic rings. The first-order valence-corrected chi connectivity index (χ1v) is 6.16. The fourth-order valence-corrected chi connectivity index (χ4v) is 2.56. The lowest BCUT2D eigenvalue weighted by Crippen LogP contribution is -2.38. The summed E-state index contributed by atoms with van der Waals surface area (Å²) in [5, 5.41) is 12.4.